The summed E-state index contributed by atoms with van der Waals surface area (Å²) in [5, 5.41) is 12.3. The van der Waals surface area contributed by atoms with Gasteiger partial charge in [0.1, 0.15) is 5.75 Å². The number of methoxy groups -OCH3 is 1. The Labute approximate surface area is 137 Å². The smallest absolute Gasteiger partial charge is 0.387 e. The number of halogens is 2. The van der Waals surface area contributed by atoms with E-state index in [1.165, 1.54) is 25.3 Å². The Balaban J connectivity index is 1.99. The monoisotopic (exact) mass is 337 g/mol. The molecule has 2 rings (SSSR count). The van der Waals surface area contributed by atoms with Crippen LogP contribution in [-0.4, -0.2) is 24.7 Å². The van der Waals surface area contributed by atoms with Gasteiger partial charge in [-0.2, -0.15) is 8.78 Å². The zero-order valence-electron chi connectivity index (χ0n) is 13.0. The molecule has 0 atom stereocenters. The molecular formula is C17H17F2NO4. The third-order valence-corrected chi connectivity index (χ3v) is 3.28. The fourth-order valence-electron chi connectivity index (χ4n) is 2.14. The first-order valence-electron chi connectivity index (χ1n) is 7.19. The molecule has 0 heterocycles. The minimum absolute atomic E-state index is 0.127. The lowest BCUT2D eigenvalue weighted by Crippen LogP contribution is -2.13. The summed E-state index contributed by atoms with van der Waals surface area (Å²) in [6.07, 6.45) is 0.490. The van der Waals surface area contributed by atoms with Crippen molar-refractivity contribution >= 4 is 11.6 Å². The van der Waals surface area contributed by atoms with E-state index in [1.54, 1.807) is 24.3 Å². The van der Waals surface area contributed by atoms with Crippen LogP contribution in [-0.2, 0) is 11.2 Å². The molecule has 0 unspecified atom stereocenters. The highest BCUT2D eigenvalue weighted by Gasteiger charge is 2.13. The Morgan fingerprint density at radius 1 is 1.21 bits per heavy atom. The molecule has 0 aliphatic heterocycles. The molecule has 2 aromatic carbocycles. The van der Waals surface area contributed by atoms with Gasteiger partial charge < -0.3 is 19.9 Å². The van der Waals surface area contributed by atoms with E-state index in [2.05, 4.69) is 10.1 Å². The van der Waals surface area contributed by atoms with Gasteiger partial charge in [-0.1, -0.05) is 18.2 Å². The van der Waals surface area contributed by atoms with Crippen molar-refractivity contribution in [3.8, 4) is 17.2 Å². The summed E-state index contributed by atoms with van der Waals surface area (Å²) in [4.78, 5) is 12.0. The molecule has 0 bridgehead atoms. The molecule has 0 saturated carbocycles. The van der Waals surface area contributed by atoms with Gasteiger partial charge in [-0.15, -0.1) is 0 Å². The van der Waals surface area contributed by atoms with Crippen molar-refractivity contribution in [1.82, 2.24) is 0 Å². The van der Waals surface area contributed by atoms with E-state index in [0.29, 0.717) is 17.7 Å². The lowest BCUT2D eigenvalue weighted by molar-refractivity contribution is -0.116. The molecule has 0 radical (unpaired) electrons. The number of benzene rings is 2. The number of hydrogen-bond acceptors (Lipinski definition) is 4. The quantitative estimate of drug-likeness (QED) is 0.810. The number of ether oxygens (including phenoxy) is 2. The van der Waals surface area contributed by atoms with Crippen LogP contribution in [0.1, 0.15) is 12.0 Å². The number of aryl methyl sites for hydroxylation is 1. The third-order valence-electron chi connectivity index (χ3n) is 3.28. The van der Waals surface area contributed by atoms with Gasteiger partial charge in [-0.3, -0.25) is 4.79 Å². The van der Waals surface area contributed by atoms with E-state index in [1.807, 2.05) is 0 Å². The molecule has 128 valence electrons. The summed E-state index contributed by atoms with van der Waals surface area (Å²) in [5.74, 6) is -0.206. The van der Waals surface area contributed by atoms with Crippen molar-refractivity contribution < 1.29 is 28.2 Å². The Hall–Kier alpha value is -2.83. The fraction of sp³-hybridized carbons (Fsp3) is 0.235. The first-order chi connectivity index (χ1) is 11.5. The molecule has 2 aromatic rings. The average Bonchev–Trinajstić information content (AvgIpc) is 2.54. The van der Waals surface area contributed by atoms with E-state index in [-0.39, 0.29) is 29.6 Å². The van der Waals surface area contributed by atoms with Crippen LogP contribution in [0, 0.1) is 0 Å². The number of phenols is 1. The molecule has 24 heavy (non-hydrogen) atoms. The number of amides is 1. The zero-order chi connectivity index (χ0) is 17.5. The Morgan fingerprint density at radius 3 is 2.62 bits per heavy atom. The van der Waals surface area contributed by atoms with Gasteiger partial charge in [-0.25, -0.2) is 0 Å². The van der Waals surface area contributed by atoms with Crippen LogP contribution in [0.25, 0.3) is 0 Å². The van der Waals surface area contributed by atoms with Crippen LogP contribution in [0.2, 0.25) is 0 Å². The van der Waals surface area contributed by atoms with Crippen LogP contribution in [0.4, 0.5) is 14.5 Å². The number of anilines is 1. The van der Waals surface area contributed by atoms with Gasteiger partial charge in [0.25, 0.3) is 0 Å². The molecule has 1 amide bonds. The number of phenolic OH excluding ortho intramolecular Hbond substituents is 1. The van der Waals surface area contributed by atoms with Gasteiger partial charge >= 0.3 is 6.61 Å². The van der Waals surface area contributed by atoms with E-state index in [0.717, 1.165) is 0 Å². The van der Waals surface area contributed by atoms with Crippen LogP contribution >= 0.6 is 0 Å². The van der Waals surface area contributed by atoms with Gasteiger partial charge in [0.05, 0.1) is 7.11 Å². The van der Waals surface area contributed by atoms with E-state index in [4.69, 9.17) is 4.74 Å². The summed E-state index contributed by atoms with van der Waals surface area (Å²) in [5.41, 5.74) is 0.970. The zero-order valence-corrected chi connectivity index (χ0v) is 13.0. The van der Waals surface area contributed by atoms with Crippen LogP contribution < -0.4 is 14.8 Å². The maximum Gasteiger partial charge on any atom is 0.387 e. The highest BCUT2D eigenvalue weighted by Crippen LogP contribution is 2.31. The summed E-state index contributed by atoms with van der Waals surface area (Å²) in [7, 11) is 1.33. The summed E-state index contributed by atoms with van der Waals surface area (Å²) >= 11 is 0. The largest absolute Gasteiger partial charge is 0.508 e. The Kier molecular flexibility index (Phi) is 5.95. The molecule has 2 N–H and O–H groups in total. The second-order valence-electron chi connectivity index (χ2n) is 4.92. The third kappa shape index (κ3) is 4.84. The lowest BCUT2D eigenvalue weighted by Gasteiger charge is -2.12. The average molecular weight is 337 g/mol. The number of aromatic hydroxyl groups is 1. The minimum Gasteiger partial charge on any atom is -0.508 e. The molecule has 0 aromatic heterocycles. The molecule has 7 heteroatoms. The molecule has 0 saturated heterocycles. The number of carbonyl (C=O) groups is 1. The molecule has 0 aliphatic carbocycles. The van der Waals surface area contributed by atoms with Crippen molar-refractivity contribution in [1.29, 1.82) is 0 Å². The number of carbonyl (C=O) groups excluding carboxylic acids is 1. The first-order valence-corrected chi connectivity index (χ1v) is 7.19. The maximum atomic E-state index is 12.4. The Bertz CT molecular complexity index is 707. The predicted octanol–water partition coefficient (Wildman–Crippen LogP) is 3.57. The predicted molar refractivity (Wildman–Crippen MR) is 84.7 cm³/mol. The van der Waals surface area contributed by atoms with Crippen molar-refractivity contribution in [2.45, 2.75) is 19.5 Å². The van der Waals surface area contributed by atoms with Crippen molar-refractivity contribution in [2.24, 2.45) is 0 Å². The van der Waals surface area contributed by atoms with Crippen molar-refractivity contribution in [2.75, 3.05) is 12.4 Å². The second-order valence-corrected chi connectivity index (χ2v) is 4.92. The van der Waals surface area contributed by atoms with Crippen LogP contribution in [0.3, 0.4) is 0 Å². The number of para-hydroxylation sites is 1. The SMILES string of the molecule is COc1ccc(NC(=O)CCc2ccccc2O)cc1OC(F)F. The molecular weight excluding hydrogens is 320 g/mol. The van der Waals surface area contributed by atoms with E-state index < -0.39 is 6.61 Å². The van der Waals surface area contributed by atoms with Gasteiger partial charge in [0.15, 0.2) is 11.5 Å². The van der Waals surface area contributed by atoms with Gasteiger partial charge in [-0.05, 0) is 30.2 Å². The van der Waals surface area contributed by atoms with Crippen molar-refractivity contribution in [3.05, 3.63) is 48.0 Å². The Morgan fingerprint density at radius 2 is 1.96 bits per heavy atom. The first kappa shape index (κ1) is 17.5. The van der Waals surface area contributed by atoms with Gasteiger partial charge in [0, 0.05) is 18.2 Å². The molecule has 0 fully saturated rings. The number of rotatable bonds is 7. The summed E-state index contributed by atoms with van der Waals surface area (Å²) in [6.45, 7) is -2.99. The lowest BCUT2D eigenvalue weighted by atomic mass is 10.1. The minimum atomic E-state index is -2.99. The van der Waals surface area contributed by atoms with E-state index >= 15 is 0 Å². The standard InChI is InChI=1S/C17H17F2NO4/c1-23-14-8-7-12(10-15(14)24-17(18)19)20-16(22)9-6-11-4-2-3-5-13(11)21/h2-5,7-8,10,17,21H,6,9H2,1H3,(H,20,22). The highest BCUT2D eigenvalue weighted by atomic mass is 19.3. The normalized spacial score (nSPS) is 10.5. The molecule has 5 nitrogen and oxygen atoms in total. The number of hydrogen-bond donors (Lipinski definition) is 2. The topological polar surface area (TPSA) is 67.8 Å². The van der Waals surface area contributed by atoms with Crippen LogP contribution in [0.15, 0.2) is 42.5 Å². The van der Waals surface area contributed by atoms with Crippen LogP contribution in [0.5, 0.6) is 17.2 Å². The number of alkyl halides is 2. The molecule has 0 spiro atoms. The fourth-order valence-corrected chi connectivity index (χ4v) is 2.14. The maximum absolute atomic E-state index is 12.4. The highest BCUT2D eigenvalue weighted by molar-refractivity contribution is 5.91. The summed E-state index contributed by atoms with van der Waals surface area (Å²) < 4.78 is 34.1. The summed E-state index contributed by atoms with van der Waals surface area (Å²) in [6, 6.07) is 11.0. The van der Waals surface area contributed by atoms with Crippen molar-refractivity contribution in [3.63, 3.8) is 0 Å². The number of nitrogens with one attached hydrogen (secondary N) is 1. The second kappa shape index (κ2) is 8.14. The molecule has 0 aliphatic rings. The van der Waals surface area contributed by atoms with Gasteiger partial charge in [0.2, 0.25) is 5.91 Å². The van der Waals surface area contributed by atoms with E-state index in [9.17, 15) is 18.7 Å².